The number of esters is 1. The Labute approximate surface area is 101 Å². The molecule has 1 heterocycles. The van der Waals surface area contributed by atoms with Gasteiger partial charge in [-0.15, -0.1) is 0 Å². The van der Waals surface area contributed by atoms with Crippen molar-refractivity contribution in [1.82, 2.24) is 0 Å². The lowest BCUT2D eigenvalue weighted by Gasteiger charge is -2.19. The largest absolute Gasteiger partial charge is 0.406 e. The topological polar surface area (TPSA) is 38.7 Å². The maximum atomic E-state index is 11.9. The molecule has 88 valence electrons. The lowest BCUT2D eigenvalue weighted by atomic mass is 9.89. The summed E-state index contributed by atoms with van der Waals surface area (Å²) in [6, 6.07) is 9.85. The van der Waals surface area contributed by atoms with Gasteiger partial charge in [0, 0.05) is 6.42 Å². The van der Waals surface area contributed by atoms with E-state index in [1.165, 1.54) is 6.08 Å². The molecule has 3 nitrogen and oxygen atoms in total. The van der Waals surface area contributed by atoms with E-state index in [0.717, 1.165) is 5.56 Å². The van der Waals surface area contributed by atoms with E-state index in [4.69, 9.17) is 4.74 Å². The number of rotatable bonds is 4. The van der Waals surface area contributed by atoms with Crippen LogP contribution in [0.1, 0.15) is 18.9 Å². The second kappa shape index (κ2) is 4.53. The van der Waals surface area contributed by atoms with Crippen LogP contribution >= 0.6 is 0 Å². The molecular formula is C14H15NO2. The zero-order valence-corrected chi connectivity index (χ0v) is 9.85. The zero-order valence-electron chi connectivity index (χ0n) is 9.85. The molecule has 0 aliphatic carbocycles. The first-order valence-corrected chi connectivity index (χ1v) is 5.68. The molecule has 0 fully saturated rings. The summed E-state index contributed by atoms with van der Waals surface area (Å²) < 4.78 is 5.08. The molecule has 1 aromatic carbocycles. The zero-order chi connectivity index (χ0) is 12.3. The van der Waals surface area contributed by atoms with Crippen LogP contribution in [0.15, 0.2) is 48.0 Å². The Kier molecular flexibility index (Phi) is 3.09. The smallest absolute Gasteiger partial charge is 0.341 e. The highest BCUT2D eigenvalue weighted by atomic mass is 16.6. The number of cyclic esters (lactones) is 1. The summed E-state index contributed by atoms with van der Waals surface area (Å²) >= 11 is 0. The predicted octanol–water partition coefficient (Wildman–Crippen LogP) is 2.52. The lowest BCUT2D eigenvalue weighted by Crippen LogP contribution is -2.35. The van der Waals surface area contributed by atoms with Crippen molar-refractivity contribution in [2.24, 2.45) is 4.99 Å². The van der Waals surface area contributed by atoms with Crippen LogP contribution in [0.2, 0.25) is 0 Å². The first-order valence-electron chi connectivity index (χ1n) is 5.68. The minimum absolute atomic E-state index is 0.279. The molecule has 0 N–H and O–H groups in total. The van der Waals surface area contributed by atoms with Gasteiger partial charge in [0.15, 0.2) is 5.54 Å². The first kappa shape index (κ1) is 11.6. The maximum Gasteiger partial charge on any atom is 0.341 e. The van der Waals surface area contributed by atoms with Crippen LogP contribution in [0.5, 0.6) is 0 Å². The van der Waals surface area contributed by atoms with Gasteiger partial charge in [0.1, 0.15) is 0 Å². The van der Waals surface area contributed by atoms with Crippen LogP contribution in [-0.4, -0.2) is 17.4 Å². The number of benzene rings is 1. The van der Waals surface area contributed by atoms with Crippen molar-refractivity contribution in [3.05, 3.63) is 48.6 Å². The molecule has 1 aromatic rings. The summed E-state index contributed by atoms with van der Waals surface area (Å²) in [5.41, 5.74) is 0.311. The fourth-order valence-corrected chi connectivity index (χ4v) is 1.95. The molecule has 0 aromatic heterocycles. The molecule has 0 spiro atoms. The fourth-order valence-electron chi connectivity index (χ4n) is 1.95. The van der Waals surface area contributed by atoms with E-state index in [9.17, 15) is 4.79 Å². The molecule has 2 rings (SSSR count). The van der Waals surface area contributed by atoms with Gasteiger partial charge in [-0.25, -0.2) is 9.79 Å². The van der Waals surface area contributed by atoms with Gasteiger partial charge in [-0.1, -0.05) is 43.8 Å². The fraction of sp³-hybridized carbons (Fsp3) is 0.286. The number of carbonyl (C=O) groups excluding carboxylic acids is 1. The molecule has 0 saturated carbocycles. The van der Waals surface area contributed by atoms with E-state index in [-0.39, 0.29) is 5.97 Å². The summed E-state index contributed by atoms with van der Waals surface area (Å²) in [5, 5.41) is 0. The first-order chi connectivity index (χ1) is 8.20. The third-order valence-corrected chi connectivity index (χ3v) is 3.00. The molecule has 0 bridgehead atoms. The van der Waals surface area contributed by atoms with Gasteiger partial charge in [0.25, 0.3) is 0 Å². The van der Waals surface area contributed by atoms with E-state index in [0.29, 0.717) is 18.7 Å². The van der Waals surface area contributed by atoms with Crippen molar-refractivity contribution in [3.63, 3.8) is 0 Å². The van der Waals surface area contributed by atoms with Crippen LogP contribution in [-0.2, 0) is 16.0 Å². The van der Waals surface area contributed by atoms with E-state index in [2.05, 4.69) is 11.6 Å². The van der Waals surface area contributed by atoms with E-state index in [1.807, 2.05) is 37.3 Å². The molecule has 3 heteroatoms. The van der Waals surface area contributed by atoms with Crippen LogP contribution in [0.4, 0.5) is 0 Å². The summed E-state index contributed by atoms with van der Waals surface area (Å²) in [5.74, 6) is 0.0477. The van der Waals surface area contributed by atoms with E-state index in [1.54, 1.807) is 0 Å². The van der Waals surface area contributed by atoms with Crippen LogP contribution in [0.25, 0.3) is 0 Å². The quantitative estimate of drug-likeness (QED) is 0.744. The van der Waals surface area contributed by atoms with Crippen LogP contribution in [0, 0.1) is 0 Å². The second-order valence-corrected chi connectivity index (χ2v) is 4.09. The number of ether oxygens (including phenoxy) is 1. The predicted molar refractivity (Wildman–Crippen MR) is 66.9 cm³/mol. The van der Waals surface area contributed by atoms with Gasteiger partial charge in [-0.2, -0.15) is 0 Å². The van der Waals surface area contributed by atoms with Gasteiger partial charge >= 0.3 is 5.97 Å². The molecular weight excluding hydrogens is 214 g/mol. The van der Waals surface area contributed by atoms with Crippen molar-refractivity contribution in [2.75, 3.05) is 0 Å². The Morgan fingerprint density at radius 2 is 2.12 bits per heavy atom. The highest BCUT2D eigenvalue weighted by Crippen LogP contribution is 2.28. The Morgan fingerprint density at radius 3 is 2.65 bits per heavy atom. The minimum atomic E-state index is -0.773. The van der Waals surface area contributed by atoms with Crippen LogP contribution in [0.3, 0.4) is 0 Å². The summed E-state index contributed by atoms with van der Waals surface area (Å²) in [6.07, 6.45) is 2.67. The van der Waals surface area contributed by atoms with E-state index < -0.39 is 5.54 Å². The minimum Gasteiger partial charge on any atom is -0.406 e. The number of hydrogen-bond acceptors (Lipinski definition) is 3. The Morgan fingerprint density at radius 1 is 1.41 bits per heavy atom. The highest BCUT2D eigenvalue weighted by Gasteiger charge is 2.43. The monoisotopic (exact) mass is 229 g/mol. The van der Waals surface area contributed by atoms with Crippen molar-refractivity contribution < 1.29 is 9.53 Å². The average molecular weight is 229 g/mol. The van der Waals surface area contributed by atoms with Gasteiger partial charge in [-0.05, 0) is 18.1 Å². The molecule has 0 radical (unpaired) electrons. The third kappa shape index (κ3) is 2.13. The second-order valence-electron chi connectivity index (χ2n) is 4.09. The lowest BCUT2D eigenvalue weighted by molar-refractivity contribution is -0.139. The Hall–Kier alpha value is -1.90. The van der Waals surface area contributed by atoms with Gasteiger partial charge in [0.05, 0.1) is 0 Å². The number of carbonyl (C=O) groups is 1. The van der Waals surface area contributed by atoms with Gasteiger partial charge in [0.2, 0.25) is 5.90 Å². The Bertz CT molecular complexity index is 464. The van der Waals surface area contributed by atoms with Crippen LogP contribution < -0.4 is 0 Å². The standard InChI is InChI=1S/C14H15NO2/c1-3-12-15-14(4-2,13(16)17-12)10-11-8-6-5-7-9-11/h3,5-9H,1,4,10H2,2H3. The van der Waals surface area contributed by atoms with E-state index >= 15 is 0 Å². The summed E-state index contributed by atoms with van der Waals surface area (Å²) in [7, 11) is 0. The number of hydrogen-bond donors (Lipinski definition) is 0. The molecule has 1 aliphatic heterocycles. The molecule has 0 amide bonds. The Balaban J connectivity index is 2.30. The molecule has 1 atom stereocenters. The molecule has 1 unspecified atom stereocenters. The normalized spacial score (nSPS) is 23.1. The highest BCUT2D eigenvalue weighted by molar-refractivity contribution is 6.04. The third-order valence-electron chi connectivity index (χ3n) is 3.00. The summed E-state index contributed by atoms with van der Waals surface area (Å²) in [4.78, 5) is 16.3. The van der Waals surface area contributed by atoms with Crippen molar-refractivity contribution >= 4 is 11.9 Å². The van der Waals surface area contributed by atoms with Crippen molar-refractivity contribution in [3.8, 4) is 0 Å². The van der Waals surface area contributed by atoms with Crippen molar-refractivity contribution in [1.29, 1.82) is 0 Å². The van der Waals surface area contributed by atoms with Gasteiger partial charge in [-0.3, -0.25) is 0 Å². The molecule has 0 saturated heterocycles. The SMILES string of the molecule is C=CC1=NC(CC)(Cc2ccccc2)C(=O)O1. The average Bonchev–Trinajstić information content (AvgIpc) is 2.68. The summed E-state index contributed by atoms with van der Waals surface area (Å²) in [6.45, 7) is 5.52. The van der Waals surface area contributed by atoms with Crippen molar-refractivity contribution in [2.45, 2.75) is 25.3 Å². The maximum absolute atomic E-state index is 11.9. The molecule has 1 aliphatic rings. The number of nitrogens with zero attached hydrogens (tertiary/aromatic N) is 1. The number of aliphatic imine (C=N–C) groups is 1. The van der Waals surface area contributed by atoms with Gasteiger partial charge < -0.3 is 4.74 Å². The molecule has 17 heavy (non-hydrogen) atoms.